The Morgan fingerprint density at radius 1 is 1.25 bits per heavy atom. The second-order valence-corrected chi connectivity index (χ2v) is 7.64. The van der Waals surface area contributed by atoms with Crippen LogP contribution in [0.2, 0.25) is 0 Å². The van der Waals surface area contributed by atoms with Crippen molar-refractivity contribution < 1.29 is 30.8 Å². The van der Waals surface area contributed by atoms with Gasteiger partial charge in [0, 0.05) is 0 Å². The number of halogens is 3. The van der Waals surface area contributed by atoms with E-state index in [0.717, 1.165) is 0 Å². The summed E-state index contributed by atoms with van der Waals surface area (Å²) in [6.07, 6.45) is -4.66. The highest BCUT2D eigenvalue weighted by atomic mass is 32.2. The summed E-state index contributed by atoms with van der Waals surface area (Å²) in [4.78, 5) is 3.98. The third-order valence-electron chi connectivity index (χ3n) is 3.88. The smallest absolute Gasteiger partial charge is 0.393 e. The van der Waals surface area contributed by atoms with E-state index in [0.29, 0.717) is 11.3 Å². The Bertz CT molecular complexity index is 848. The van der Waals surface area contributed by atoms with Gasteiger partial charge in [0.15, 0.2) is 9.84 Å². The fourth-order valence-electron chi connectivity index (χ4n) is 2.74. The zero-order valence-electron chi connectivity index (χ0n) is 12.4. The molecule has 24 heavy (non-hydrogen) atoms. The number of rotatable bonds is 3. The van der Waals surface area contributed by atoms with Crippen molar-refractivity contribution in [1.29, 1.82) is 0 Å². The molecule has 0 aliphatic carbocycles. The van der Waals surface area contributed by atoms with Crippen LogP contribution in [0.25, 0.3) is 11.4 Å². The SMILES string of the molecule is COc1ccccc1-c1noc(C2CS(=O)(=O)CC2C(F)(F)F)n1. The predicted octanol–water partition coefficient (Wildman–Crippen LogP) is 2.44. The van der Waals surface area contributed by atoms with Crippen LogP contribution in [0.3, 0.4) is 0 Å². The van der Waals surface area contributed by atoms with Crippen LogP contribution < -0.4 is 4.74 Å². The third-order valence-corrected chi connectivity index (χ3v) is 5.61. The monoisotopic (exact) mass is 362 g/mol. The minimum Gasteiger partial charge on any atom is -0.496 e. The van der Waals surface area contributed by atoms with Gasteiger partial charge in [0.2, 0.25) is 11.7 Å². The van der Waals surface area contributed by atoms with Crippen LogP contribution in [0, 0.1) is 5.92 Å². The summed E-state index contributed by atoms with van der Waals surface area (Å²) >= 11 is 0. The van der Waals surface area contributed by atoms with Gasteiger partial charge in [0.1, 0.15) is 5.75 Å². The molecule has 0 bridgehead atoms. The maximum absolute atomic E-state index is 13.1. The first-order chi connectivity index (χ1) is 11.2. The molecule has 1 aromatic heterocycles. The highest BCUT2D eigenvalue weighted by Gasteiger charge is 2.55. The standard InChI is InChI=1S/C14H13F3N2O4S/c1-22-11-5-3-2-4-8(11)12-18-13(23-19-12)9-6-24(20,21)7-10(9)14(15,16)17/h2-5,9-10H,6-7H2,1H3. The fourth-order valence-corrected chi connectivity index (χ4v) is 4.76. The zero-order valence-corrected chi connectivity index (χ0v) is 13.3. The molecule has 2 heterocycles. The van der Waals surface area contributed by atoms with Crippen LogP contribution in [0.5, 0.6) is 5.75 Å². The van der Waals surface area contributed by atoms with Crippen LogP contribution in [0.1, 0.15) is 11.8 Å². The van der Waals surface area contributed by atoms with Crippen molar-refractivity contribution in [3.63, 3.8) is 0 Å². The molecule has 130 valence electrons. The molecule has 1 saturated heterocycles. The van der Waals surface area contributed by atoms with E-state index in [9.17, 15) is 21.6 Å². The predicted molar refractivity (Wildman–Crippen MR) is 77.2 cm³/mol. The minimum atomic E-state index is -4.66. The number of ether oxygens (including phenoxy) is 1. The van der Waals surface area contributed by atoms with Gasteiger partial charge in [0.05, 0.1) is 36.0 Å². The maximum Gasteiger partial charge on any atom is 0.393 e. The number of alkyl halides is 3. The van der Waals surface area contributed by atoms with Crippen LogP contribution >= 0.6 is 0 Å². The van der Waals surface area contributed by atoms with Crippen LogP contribution in [0.4, 0.5) is 13.2 Å². The Kier molecular flexibility index (Phi) is 4.02. The summed E-state index contributed by atoms with van der Waals surface area (Å²) in [7, 11) is -2.38. The summed E-state index contributed by atoms with van der Waals surface area (Å²) < 4.78 is 72.7. The van der Waals surface area contributed by atoms with Crippen molar-refractivity contribution in [3.8, 4) is 17.1 Å². The number of sulfone groups is 1. The van der Waals surface area contributed by atoms with E-state index in [1.807, 2.05) is 0 Å². The molecule has 0 N–H and O–H groups in total. The molecular formula is C14H13F3N2O4S. The van der Waals surface area contributed by atoms with E-state index >= 15 is 0 Å². The summed E-state index contributed by atoms with van der Waals surface area (Å²) in [5.74, 6) is -4.93. The molecule has 2 atom stereocenters. The molecule has 3 rings (SSSR count). The average Bonchev–Trinajstić information content (AvgIpc) is 3.10. The summed E-state index contributed by atoms with van der Waals surface area (Å²) in [5, 5.41) is 3.68. The normalized spacial score (nSPS) is 23.3. The van der Waals surface area contributed by atoms with E-state index in [-0.39, 0.29) is 11.7 Å². The molecule has 0 amide bonds. The van der Waals surface area contributed by atoms with E-state index in [1.54, 1.807) is 24.3 Å². The lowest BCUT2D eigenvalue weighted by atomic mass is 9.95. The number of aromatic nitrogens is 2. The third kappa shape index (κ3) is 3.10. The molecule has 6 nitrogen and oxygen atoms in total. The van der Waals surface area contributed by atoms with Crippen LogP contribution in [-0.4, -0.2) is 43.4 Å². The number of methoxy groups -OCH3 is 1. The first kappa shape index (κ1) is 16.7. The molecule has 1 aliphatic rings. The Morgan fingerprint density at radius 2 is 1.96 bits per heavy atom. The van der Waals surface area contributed by atoms with Crippen molar-refractivity contribution in [3.05, 3.63) is 30.2 Å². The minimum absolute atomic E-state index is 0.0488. The van der Waals surface area contributed by atoms with Gasteiger partial charge in [-0.05, 0) is 12.1 Å². The number of hydrogen-bond donors (Lipinski definition) is 0. The van der Waals surface area contributed by atoms with Crippen molar-refractivity contribution in [2.24, 2.45) is 5.92 Å². The Morgan fingerprint density at radius 3 is 2.62 bits per heavy atom. The van der Waals surface area contributed by atoms with Gasteiger partial charge in [-0.2, -0.15) is 18.2 Å². The quantitative estimate of drug-likeness (QED) is 0.834. The van der Waals surface area contributed by atoms with Crippen molar-refractivity contribution in [2.45, 2.75) is 12.1 Å². The fraction of sp³-hybridized carbons (Fsp3) is 0.429. The van der Waals surface area contributed by atoms with E-state index in [2.05, 4.69) is 10.1 Å². The molecule has 10 heteroatoms. The van der Waals surface area contributed by atoms with E-state index in [1.165, 1.54) is 7.11 Å². The highest BCUT2D eigenvalue weighted by Crippen LogP contribution is 2.44. The van der Waals surface area contributed by atoms with Gasteiger partial charge in [-0.15, -0.1) is 0 Å². The Balaban J connectivity index is 1.98. The van der Waals surface area contributed by atoms with Gasteiger partial charge in [-0.25, -0.2) is 8.42 Å². The molecule has 1 aliphatic heterocycles. The largest absolute Gasteiger partial charge is 0.496 e. The molecular weight excluding hydrogens is 349 g/mol. The lowest BCUT2D eigenvalue weighted by Gasteiger charge is -2.17. The molecule has 0 saturated carbocycles. The summed E-state index contributed by atoms with van der Waals surface area (Å²) in [6, 6.07) is 6.67. The number of para-hydroxylation sites is 1. The van der Waals surface area contributed by atoms with Crippen molar-refractivity contribution >= 4 is 9.84 Å². The van der Waals surface area contributed by atoms with E-state index in [4.69, 9.17) is 9.26 Å². The van der Waals surface area contributed by atoms with Crippen LogP contribution in [-0.2, 0) is 9.84 Å². The van der Waals surface area contributed by atoms with E-state index < -0.39 is 39.4 Å². The van der Waals surface area contributed by atoms with Gasteiger partial charge in [-0.1, -0.05) is 17.3 Å². The first-order valence-electron chi connectivity index (χ1n) is 6.95. The molecule has 2 unspecified atom stereocenters. The Labute approximate surface area is 135 Å². The second kappa shape index (κ2) is 5.76. The molecule has 2 aromatic rings. The summed E-state index contributed by atoms with van der Waals surface area (Å²) in [6.45, 7) is 0. The lowest BCUT2D eigenvalue weighted by Crippen LogP contribution is -2.28. The van der Waals surface area contributed by atoms with Gasteiger partial charge in [-0.3, -0.25) is 0 Å². The molecule has 0 spiro atoms. The maximum atomic E-state index is 13.1. The van der Waals surface area contributed by atoms with Crippen LogP contribution in [0.15, 0.2) is 28.8 Å². The number of benzene rings is 1. The second-order valence-electron chi connectivity index (χ2n) is 5.49. The zero-order chi connectivity index (χ0) is 17.5. The summed E-state index contributed by atoms with van der Waals surface area (Å²) in [5.41, 5.74) is 0.444. The highest BCUT2D eigenvalue weighted by molar-refractivity contribution is 7.91. The van der Waals surface area contributed by atoms with Gasteiger partial charge >= 0.3 is 6.18 Å². The average molecular weight is 362 g/mol. The van der Waals surface area contributed by atoms with Gasteiger partial charge in [0.25, 0.3) is 0 Å². The topological polar surface area (TPSA) is 82.3 Å². The molecule has 1 fully saturated rings. The lowest BCUT2D eigenvalue weighted by molar-refractivity contribution is -0.172. The Hall–Kier alpha value is -2.10. The van der Waals surface area contributed by atoms with Gasteiger partial charge < -0.3 is 9.26 Å². The molecule has 0 radical (unpaired) electrons. The van der Waals surface area contributed by atoms with Crippen molar-refractivity contribution in [1.82, 2.24) is 10.1 Å². The first-order valence-corrected chi connectivity index (χ1v) is 8.77. The molecule has 1 aromatic carbocycles. The number of nitrogens with zero attached hydrogens (tertiary/aromatic N) is 2. The van der Waals surface area contributed by atoms with Crippen molar-refractivity contribution in [2.75, 3.05) is 18.6 Å². The number of hydrogen-bond acceptors (Lipinski definition) is 6.